The van der Waals surface area contributed by atoms with E-state index in [0.29, 0.717) is 0 Å². The molecule has 0 heterocycles. The van der Waals surface area contributed by atoms with Crippen molar-refractivity contribution in [1.82, 2.24) is 0 Å². The normalized spacial score (nSPS) is 15.4. The summed E-state index contributed by atoms with van der Waals surface area (Å²) in [6.07, 6.45) is 2.70. The van der Waals surface area contributed by atoms with Gasteiger partial charge >= 0.3 is 0 Å². The topological polar surface area (TPSA) is 9.23 Å². The van der Waals surface area contributed by atoms with Gasteiger partial charge in [0, 0.05) is 0 Å². The van der Waals surface area contributed by atoms with Gasteiger partial charge in [-0.2, -0.15) is 0 Å². The molecule has 0 atom stereocenters. The average molecular weight is 212 g/mol. The maximum absolute atomic E-state index is 5.29. The molecule has 1 saturated carbocycles. The highest BCUT2D eigenvalue weighted by Gasteiger charge is 2.25. The second-order valence-corrected chi connectivity index (χ2v) is 4.66. The molecule has 2 aromatic carbocycles. The zero-order valence-electron chi connectivity index (χ0n) is 9.79. The summed E-state index contributed by atoms with van der Waals surface area (Å²) in [5, 5.41) is 2.74. The van der Waals surface area contributed by atoms with Gasteiger partial charge in [0.15, 0.2) is 0 Å². The van der Waals surface area contributed by atoms with Crippen molar-refractivity contribution in [3.05, 3.63) is 41.5 Å². The minimum Gasteiger partial charge on any atom is -0.497 e. The molecule has 3 rings (SSSR count). The summed E-state index contributed by atoms with van der Waals surface area (Å²) in [6, 6.07) is 10.9. The predicted molar refractivity (Wildman–Crippen MR) is 67.2 cm³/mol. The molecule has 1 heteroatoms. The van der Waals surface area contributed by atoms with Crippen molar-refractivity contribution in [3.8, 4) is 5.75 Å². The van der Waals surface area contributed by atoms with Crippen LogP contribution in [0.2, 0.25) is 0 Å². The number of hydrogen-bond donors (Lipinski definition) is 0. The first-order valence-electron chi connectivity index (χ1n) is 5.87. The number of aryl methyl sites for hydroxylation is 1. The first-order valence-corrected chi connectivity index (χ1v) is 5.87. The van der Waals surface area contributed by atoms with E-state index in [1.807, 2.05) is 0 Å². The molecule has 0 aromatic heterocycles. The molecule has 1 nitrogen and oxygen atoms in total. The maximum Gasteiger partial charge on any atom is 0.119 e. The van der Waals surface area contributed by atoms with E-state index in [1.165, 1.54) is 34.7 Å². The summed E-state index contributed by atoms with van der Waals surface area (Å²) in [4.78, 5) is 0. The van der Waals surface area contributed by atoms with Gasteiger partial charge in [-0.25, -0.2) is 0 Å². The molecule has 0 N–H and O–H groups in total. The Labute approximate surface area is 96.0 Å². The van der Waals surface area contributed by atoms with Crippen molar-refractivity contribution >= 4 is 10.8 Å². The highest BCUT2D eigenvalue weighted by atomic mass is 16.5. The Kier molecular flexibility index (Phi) is 2.13. The summed E-state index contributed by atoms with van der Waals surface area (Å²) in [5.41, 5.74) is 2.85. The number of methoxy groups -OCH3 is 1. The van der Waals surface area contributed by atoms with Crippen LogP contribution in [0.1, 0.15) is 29.9 Å². The molecule has 2 aromatic rings. The number of hydrogen-bond acceptors (Lipinski definition) is 1. The predicted octanol–water partition coefficient (Wildman–Crippen LogP) is 4.03. The second-order valence-electron chi connectivity index (χ2n) is 4.66. The Morgan fingerprint density at radius 3 is 2.56 bits per heavy atom. The van der Waals surface area contributed by atoms with E-state index in [4.69, 9.17) is 4.74 Å². The fourth-order valence-corrected chi connectivity index (χ4v) is 2.37. The summed E-state index contributed by atoms with van der Waals surface area (Å²) in [6.45, 7) is 2.17. The van der Waals surface area contributed by atoms with Gasteiger partial charge < -0.3 is 4.74 Å². The van der Waals surface area contributed by atoms with Gasteiger partial charge in [0.25, 0.3) is 0 Å². The summed E-state index contributed by atoms with van der Waals surface area (Å²) in [5.74, 6) is 1.75. The van der Waals surface area contributed by atoms with E-state index in [9.17, 15) is 0 Å². The molecular weight excluding hydrogens is 196 g/mol. The van der Waals surface area contributed by atoms with Crippen LogP contribution >= 0.6 is 0 Å². The van der Waals surface area contributed by atoms with Crippen LogP contribution in [0.4, 0.5) is 0 Å². The van der Waals surface area contributed by atoms with Crippen LogP contribution in [0.5, 0.6) is 5.75 Å². The van der Waals surface area contributed by atoms with Gasteiger partial charge in [0.05, 0.1) is 7.11 Å². The number of benzene rings is 2. The quantitative estimate of drug-likeness (QED) is 0.730. The van der Waals surface area contributed by atoms with E-state index >= 15 is 0 Å². The smallest absolute Gasteiger partial charge is 0.119 e. The van der Waals surface area contributed by atoms with Gasteiger partial charge in [0.1, 0.15) is 5.75 Å². The molecular formula is C15H16O. The standard InChI is InChI=1S/C15H16O/c1-10-3-7-13(11-4-5-11)14-8-6-12(16-2)9-15(10)14/h3,6-9,11H,4-5H2,1-2H3. The zero-order chi connectivity index (χ0) is 11.1. The molecule has 0 unspecified atom stereocenters. The van der Waals surface area contributed by atoms with Crippen molar-refractivity contribution in [2.75, 3.05) is 7.11 Å². The summed E-state index contributed by atoms with van der Waals surface area (Å²) < 4.78 is 5.29. The molecule has 0 radical (unpaired) electrons. The van der Waals surface area contributed by atoms with E-state index in [-0.39, 0.29) is 0 Å². The number of ether oxygens (including phenoxy) is 1. The van der Waals surface area contributed by atoms with Gasteiger partial charge in [-0.3, -0.25) is 0 Å². The van der Waals surface area contributed by atoms with Gasteiger partial charge in [-0.15, -0.1) is 0 Å². The SMILES string of the molecule is COc1ccc2c(C3CC3)ccc(C)c2c1. The minimum absolute atomic E-state index is 0.802. The molecule has 0 saturated heterocycles. The molecule has 1 fully saturated rings. The Hall–Kier alpha value is -1.50. The maximum atomic E-state index is 5.29. The average Bonchev–Trinajstić information content (AvgIpc) is 3.13. The number of fused-ring (bicyclic) bond motifs is 1. The third kappa shape index (κ3) is 1.47. The van der Waals surface area contributed by atoms with Crippen LogP contribution in [0.3, 0.4) is 0 Å². The van der Waals surface area contributed by atoms with Crippen molar-refractivity contribution < 1.29 is 4.74 Å². The second kappa shape index (κ2) is 3.51. The van der Waals surface area contributed by atoms with Crippen LogP contribution in [-0.2, 0) is 0 Å². The first kappa shape index (κ1) is 9.71. The lowest BCUT2D eigenvalue weighted by molar-refractivity contribution is 0.415. The fraction of sp³-hybridized carbons (Fsp3) is 0.333. The van der Waals surface area contributed by atoms with Crippen LogP contribution in [0.15, 0.2) is 30.3 Å². The van der Waals surface area contributed by atoms with Crippen molar-refractivity contribution in [1.29, 1.82) is 0 Å². The molecule has 16 heavy (non-hydrogen) atoms. The van der Waals surface area contributed by atoms with Gasteiger partial charge in [-0.05, 0) is 59.7 Å². The van der Waals surface area contributed by atoms with Gasteiger partial charge in [0.2, 0.25) is 0 Å². The van der Waals surface area contributed by atoms with Crippen LogP contribution in [-0.4, -0.2) is 7.11 Å². The van der Waals surface area contributed by atoms with E-state index in [2.05, 4.69) is 37.3 Å². The van der Waals surface area contributed by atoms with Crippen LogP contribution in [0, 0.1) is 6.92 Å². The molecule has 0 spiro atoms. The fourth-order valence-electron chi connectivity index (χ4n) is 2.37. The van der Waals surface area contributed by atoms with E-state index in [0.717, 1.165) is 11.7 Å². The molecule has 0 bridgehead atoms. The highest BCUT2D eigenvalue weighted by molar-refractivity contribution is 5.90. The Bertz CT molecular complexity index is 538. The van der Waals surface area contributed by atoms with Crippen LogP contribution in [0.25, 0.3) is 10.8 Å². The summed E-state index contributed by atoms with van der Waals surface area (Å²) in [7, 11) is 1.72. The van der Waals surface area contributed by atoms with Crippen molar-refractivity contribution in [3.63, 3.8) is 0 Å². The highest BCUT2D eigenvalue weighted by Crippen LogP contribution is 2.43. The Balaban J connectivity index is 2.27. The molecule has 1 aliphatic rings. The lowest BCUT2D eigenvalue weighted by Crippen LogP contribution is -1.88. The van der Waals surface area contributed by atoms with Crippen LogP contribution < -0.4 is 4.74 Å². The van der Waals surface area contributed by atoms with Crippen molar-refractivity contribution in [2.45, 2.75) is 25.7 Å². The zero-order valence-corrected chi connectivity index (χ0v) is 9.79. The minimum atomic E-state index is 0.802. The molecule has 1 aliphatic carbocycles. The Morgan fingerprint density at radius 1 is 1.06 bits per heavy atom. The van der Waals surface area contributed by atoms with E-state index < -0.39 is 0 Å². The lowest BCUT2D eigenvalue weighted by Gasteiger charge is -2.09. The van der Waals surface area contributed by atoms with Crippen molar-refractivity contribution in [2.24, 2.45) is 0 Å². The third-order valence-electron chi connectivity index (χ3n) is 3.49. The number of rotatable bonds is 2. The molecule has 0 aliphatic heterocycles. The van der Waals surface area contributed by atoms with E-state index in [1.54, 1.807) is 7.11 Å². The summed E-state index contributed by atoms with van der Waals surface area (Å²) >= 11 is 0. The Morgan fingerprint density at radius 2 is 1.88 bits per heavy atom. The lowest BCUT2D eigenvalue weighted by atomic mass is 9.97. The first-order chi connectivity index (χ1) is 7.79. The largest absolute Gasteiger partial charge is 0.497 e. The monoisotopic (exact) mass is 212 g/mol. The molecule has 82 valence electrons. The molecule has 0 amide bonds. The van der Waals surface area contributed by atoms with Gasteiger partial charge in [-0.1, -0.05) is 18.2 Å². The third-order valence-corrected chi connectivity index (χ3v) is 3.49.